The fourth-order valence-corrected chi connectivity index (χ4v) is 6.26. The van der Waals surface area contributed by atoms with Crippen LogP contribution >= 0.6 is 0 Å². The highest BCUT2D eigenvalue weighted by molar-refractivity contribution is 4.90. The lowest BCUT2D eigenvalue weighted by Gasteiger charge is -2.41. The van der Waals surface area contributed by atoms with Crippen molar-refractivity contribution in [2.75, 3.05) is 0 Å². The fraction of sp³-hybridized carbons (Fsp3) is 0.960. The van der Waals surface area contributed by atoms with E-state index in [2.05, 4.69) is 54.9 Å². The molecule has 2 rings (SSSR count). The van der Waals surface area contributed by atoms with E-state index in [-0.39, 0.29) is 0 Å². The van der Waals surface area contributed by atoms with Gasteiger partial charge >= 0.3 is 0 Å². The Labute approximate surface area is 159 Å². The summed E-state index contributed by atoms with van der Waals surface area (Å²) >= 11 is 0. The van der Waals surface area contributed by atoms with Crippen molar-refractivity contribution in [3.8, 4) is 0 Å². The molecule has 0 saturated heterocycles. The van der Waals surface area contributed by atoms with E-state index in [4.69, 9.17) is 0 Å². The van der Waals surface area contributed by atoms with Crippen molar-refractivity contribution in [3.63, 3.8) is 0 Å². The zero-order valence-corrected chi connectivity index (χ0v) is 18.4. The smallest absolute Gasteiger partial charge is 0.0350 e. The lowest BCUT2D eigenvalue weighted by atomic mass is 9.64. The summed E-state index contributed by atoms with van der Waals surface area (Å²) in [5.41, 5.74) is 0. The van der Waals surface area contributed by atoms with Gasteiger partial charge in [-0.15, -0.1) is 0 Å². The van der Waals surface area contributed by atoms with Gasteiger partial charge in [0.05, 0.1) is 0 Å². The van der Waals surface area contributed by atoms with Crippen LogP contribution in [0, 0.1) is 59.7 Å². The van der Waals surface area contributed by atoms with Crippen molar-refractivity contribution in [2.45, 2.75) is 99.8 Å². The van der Waals surface area contributed by atoms with Gasteiger partial charge in [0.15, 0.2) is 0 Å². The molecule has 0 nitrogen and oxygen atoms in total. The molecule has 2 saturated carbocycles. The second-order valence-corrected chi connectivity index (χ2v) is 10.8. The van der Waals surface area contributed by atoms with Gasteiger partial charge in [0.1, 0.15) is 0 Å². The highest BCUT2D eigenvalue weighted by Crippen LogP contribution is 2.44. The molecule has 0 aromatic heterocycles. The number of hydrogen-bond donors (Lipinski definition) is 0. The standard InChI is InChI=1S/C25H47/c1-17(2)23-13-11-19(5)15-22(23)10-8-9-21(7)25-16-20(6)12-14-24(25)18(3)4/h10,17-25H,8-9,11-16H2,1-7H3. The first kappa shape index (κ1) is 21.3. The van der Waals surface area contributed by atoms with Gasteiger partial charge in [-0.2, -0.15) is 0 Å². The third-order valence-corrected chi connectivity index (χ3v) is 7.97. The molecule has 0 N–H and O–H groups in total. The third kappa shape index (κ3) is 6.00. The first-order chi connectivity index (χ1) is 11.8. The van der Waals surface area contributed by atoms with E-state index in [9.17, 15) is 0 Å². The molecule has 0 heteroatoms. The van der Waals surface area contributed by atoms with Crippen LogP contribution < -0.4 is 0 Å². The Morgan fingerprint density at radius 3 is 1.88 bits per heavy atom. The van der Waals surface area contributed by atoms with Gasteiger partial charge in [-0.25, -0.2) is 0 Å². The molecule has 2 fully saturated rings. The lowest BCUT2D eigenvalue weighted by Crippen LogP contribution is -2.32. The van der Waals surface area contributed by atoms with Crippen LogP contribution in [-0.4, -0.2) is 0 Å². The van der Waals surface area contributed by atoms with E-state index in [1.807, 2.05) is 0 Å². The van der Waals surface area contributed by atoms with Gasteiger partial charge in [-0.1, -0.05) is 67.7 Å². The molecule has 1 radical (unpaired) electrons. The zero-order valence-electron chi connectivity index (χ0n) is 18.4. The summed E-state index contributed by atoms with van der Waals surface area (Å²) in [5.74, 6) is 8.32. The minimum atomic E-state index is 0.857. The molecular weight excluding hydrogens is 300 g/mol. The maximum absolute atomic E-state index is 2.76. The monoisotopic (exact) mass is 347 g/mol. The highest BCUT2D eigenvalue weighted by Gasteiger charge is 2.34. The van der Waals surface area contributed by atoms with Gasteiger partial charge in [0.25, 0.3) is 0 Å². The van der Waals surface area contributed by atoms with Crippen LogP contribution in [0.15, 0.2) is 0 Å². The van der Waals surface area contributed by atoms with E-state index >= 15 is 0 Å². The maximum Gasteiger partial charge on any atom is -0.0350 e. The summed E-state index contributed by atoms with van der Waals surface area (Å²) in [6, 6.07) is 0. The molecule has 147 valence electrons. The van der Waals surface area contributed by atoms with Crippen LogP contribution in [0.3, 0.4) is 0 Å². The normalized spacial score (nSPS) is 38.3. The molecule has 2 aliphatic rings. The maximum atomic E-state index is 2.76. The van der Waals surface area contributed by atoms with Crippen LogP contribution in [0.25, 0.3) is 0 Å². The Kier molecular flexibility index (Phi) is 8.35. The van der Waals surface area contributed by atoms with E-state index < -0.39 is 0 Å². The van der Waals surface area contributed by atoms with Crippen LogP contribution in [0.1, 0.15) is 99.8 Å². The summed E-state index contributed by atoms with van der Waals surface area (Å²) in [6.07, 6.45) is 14.3. The van der Waals surface area contributed by atoms with E-state index in [0.29, 0.717) is 0 Å². The van der Waals surface area contributed by atoms with Crippen molar-refractivity contribution < 1.29 is 0 Å². The molecule has 7 unspecified atom stereocenters. The fourth-order valence-electron chi connectivity index (χ4n) is 6.26. The minimum absolute atomic E-state index is 0.857. The molecule has 7 atom stereocenters. The predicted octanol–water partition coefficient (Wildman–Crippen LogP) is 8.02. The molecule has 0 aliphatic heterocycles. The van der Waals surface area contributed by atoms with E-state index in [1.165, 1.54) is 51.4 Å². The van der Waals surface area contributed by atoms with Gasteiger partial charge < -0.3 is 0 Å². The van der Waals surface area contributed by atoms with Crippen LogP contribution in [0.5, 0.6) is 0 Å². The SMILES string of the molecule is CC1CCC(C(C)C)C([CH]CCC(C)C2CC(C)CCC2C(C)C)C1. The van der Waals surface area contributed by atoms with Gasteiger partial charge in [0.2, 0.25) is 0 Å². The van der Waals surface area contributed by atoms with Crippen molar-refractivity contribution in [1.82, 2.24) is 0 Å². The van der Waals surface area contributed by atoms with Crippen LogP contribution in [-0.2, 0) is 0 Å². The first-order valence-electron chi connectivity index (χ1n) is 11.6. The largest absolute Gasteiger partial charge is 0.0625 e. The van der Waals surface area contributed by atoms with E-state index in [0.717, 1.165) is 53.3 Å². The summed E-state index contributed by atoms with van der Waals surface area (Å²) < 4.78 is 0. The summed E-state index contributed by atoms with van der Waals surface area (Å²) in [6.45, 7) is 17.3. The number of hydrogen-bond acceptors (Lipinski definition) is 0. The third-order valence-electron chi connectivity index (χ3n) is 7.97. The second-order valence-electron chi connectivity index (χ2n) is 10.8. The summed E-state index contributed by atoms with van der Waals surface area (Å²) in [5, 5.41) is 0. The van der Waals surface area contributed by atoms with Crippen molar-refractivity contribution in [1.29, 1.82) is 0 Å². The molecule has 0 heterocycles. The Morgan fingerprint density at radius 1 is 0.720 bits per heavy atom. The Bertz CT molecular complexity index is 368. The molecule has 0 amide bonds. The Hall–Kier alpha value is 0. The van der Waals surface area contributed by atoms with Crippen molar-refractivity contribution in [2.24, 2.45) is 53.3 Å². The Balaban J connectivity index is 1.84. The average Bonchev–Trinajstić information content (AvgIpc) is 2.54. The van der Waals surface area contributed by atoms with Gasteiger partial charge in [-0.3, -0.25) is 0 Å². The summed E-state index contributed by atoms with van der Waals surface area (Å²) in [7, 11) is 0. The first-order valence-corrected chi connectivity index (χ1v) is 11.6. The molecule has 2 aliphatic carbocycles. The second kappa shape index (κ2) is 9.80. The topological polar surface area (TPSA) is 0 Å². The average molecular weight is 348 g/mol. The molecule has 0 spiro atoms. The number of rotatable bonds is 7. The minimum Gasteiger partial charge on any atom is -0.0625 e. The van der Waals surface area contributed by atoms with Crippen molar-refractivity contribution >= 4 is 0 Å². The van der Waals surface area contributed by atoms with Crippen molar-refractivity contribution in [3.05, 3.63) is 6.42 Å². The van der Waals surface area contributed by atoms with Crippen LogP contribution in [0.2, 0.25) is 0 Å². The molecule has 0 aromatic carbocycles. The molecule has 0 aromatic rings. The quantitative estimate of drug-likeness (QED) is 0.437. The Morgan fingerprint density at radius 2 is 1.28 bits per heavy atom. The molecule has 25 heavy (non-hydrogen) atoms. The molecule has 0 bridgehead atoms. The summed E-state index contributed by atoms with van der Waals surface area (Å²) in [4.78, 5) is 0. The predicted molar refractivity (Wildman–Crippen MR) is 112 cm³/mol. The van der Waals surface area contributed by atoms with Crippen LogP contribution in [0.4, 0.5) is 0 Å². The zero-order chi connectivity index (χ0) is 18.6. The van der Waals surface area contributed by atoms with E-state index in [1.54, 1.807) is 0 Å². The highest BCUT2D eigenvalue weighted by atomic mass is 14.4. The van der Waals surface area contributed by atoms with Gasteiger partial charge in [0, 0.05) is 0 Å². The lowest BCUT2D eigenvalue weighted by molar-refractivity contribution is 0.0934. The molecular formula is C25H47. The van der Waals surface area contributed by atoms with Gasteiger partial charge in [-0.05, 0) is 91.8 Å².